The molecule has 11 nitrogen and oxygen atoms in total. The SMILES string of the molecule is CCOC(=O)c1cnn(CCc2nc3c(C)c(-c4ncco4)nc(N)n3n2)c1. The van der Waals surface area contributed by atoms with E-state index >= 15 is 0 Å². The molecule has 4 heterocycles. The topological polar surface area (TPSA) is 139 Å². The standard InChI is InChI=1S/C17H18N8O3/c1-3-27-16(26)11-8-20-24(9-11)6-4-12-21-14-10(2)13(15-19-5-7-28-15)22-17(18)25(14)23-12/h5,7-9H,3-4,6H2,1-2H3,(H2,18,22). The minimum Gasteiger partial charge on any atom is -0.462 e. The van der Waals surface area contributed by atoms with Gasteiger partial charge in [0.25, 0.3) is 0 Å². The van der Waals surface area contributed by atoms with Crippen LogP contribution in [0.2, 0.25) is 0 Å². The van der Waals surface area contributed by atoms with Crippen molar-refractivity contribution in [2.45, 2.75) is 26.8 Å². The number of rotatable bonds is 6. The van der Waals surface area contributed by atoms with E-state index in [1.807, 2.05) is 6.92 Å². The number of carbonyl (C=O) groups is 1. The molecule has 0 fully saturated rings. The van der Waals surface area contributed by atoms with Crippen molar-refractivity contribution in [3.05, 3.63) is 41.8 Å². The Kier molecular flexibility index (Phi) is 4.47. The lowest BCUT2D eigenvalue weighted by Gasteiger charge is -2.04. The van der Waals surface area contributed by atoms with Gasteiger partial charge in [0.05, 0.1) is 24.6 Å². The Morgan fingerprint density at radius 1 is 1.36 bits per heavy atom. The van der Waals surface area contributed by atoms with Crippen LogP contribution in [-0.4, -0.2) is 46.9 Å². The molecule has 4 aromatic heterocycles. The van der Waals surface area contributed by atoms with Crippen LogP contribution in [0.4, 0.5) is 5.95 Å². The van der Waals surface area contributed by atoms with Gasteiger partial charge in [-0.05, 0) is 13.8 Å². The van der Waals surface area contributed by atoms with E-state index in [0.717, 1.165) is 5.56 Å². The molecule has 4 rings (SSSR count). The summed E-state index contributed by atoms with van der Waals surface area (Å²) in [5.74, 6) is 0.748. The van der Waals surface area contributed by atoms with Gasteiger partial charge < -0.3 is 14.9 Å². The Morgan fingerprint density at radius 3 is 2.96 bits per heavy atom. The zero-order chi connectivity index (χ0) is 19.7. The van der Waals surface area contributed by atoms with E-state index < -0.39 is 5.97 Å². The Bertz CT molecular complexity index is 1130. The number of nitrogens with zero attached hydrogens (tertiary/aromatic N) is 7. The first-order valence-corrected chi connectivity index (χ1v) is 8.68. The number of anilines is 1. The summed E-state index contributed by atoms with van der Waals surface area (Å²) in [5, 5.41) is 8.58. The quantitative estimate of drug-likeness (QED) is 0.488. The van der Waals surface area contributed by atoms with Crippen LogP contribution >= 0.6 is 0 Å². The van der Waals surface area contributed by atoms with Crippen LogP contribution in [-0.2, 0) is 17.7 Å². The van der Waals surface area contributed by atoms with Crippen molar-refractivity contribution in [2.75, 3.05) is 12.3 Å². The van der Waals surface area contributed by atoms with Gasteiger partial charge >= 0.3 is 5.97 Å². The number of aryl methyl sites for hydroxylation is 3. The van der Waals surface area contributed by atoms with E-state index in [2.05, 4.69) is 25.1 Å². The van der Waals surface area contributed by atoms with Crippen LogP contribution in [0.25, 0.3) is 17.2 Å². The zero-order valence-corrected chi connectivity index (χ0v) is 15.4. The maximum atomic E-state index is 11.7. The molecule has 4 aromatic rings. The third kappa shape index (κ3) is 3.17. The van der Waals surface area contributed by atoms with Crippen LogP contribution in [0, 0.1) is 6.92 Å². The monoisotopic (exact) mass is 382 g/mol. The maximum absolute atomic E-state index is 11.7. The number of oxazole rings is 1. The average molecular weight is 382 g/mol. The van der Waals surface area contributed by atoms with Crippen molar-refractivity contribution in [1.82, 2.24) is 34.3 Å². The van der Waals surface area contributed by atoms with E-state index in [-0.39, 0.29) is 5.95 Å². The third-order valence-electron chi connectivity index (χ3n) is 4.13. The van der Waals surface area contributed by atoms with E-state index in [1.165, 1.54) is 17.0 Å². The summed E-state index contributed by atoms with van der Waals surface area (Å²) < 4.78 is 13.4. The van der Waals surface area contributed by atoms with Crippen molar-refractivity contribution in [1.29, 1.82) is 0 Å². The third-order valence-corrected chi connectivity index (χ3v) is 4.13. The normalized spacial score (nSPS) is 11.2. The van der Waals surface area contributed by atoms with Gasteiger partial charge in [-0.25, -0.2) is 19.7 Å². The number of esters is 1. The largest absolute Gasteiger partial charge is 0.462 e. The van der Waals surface area contributed by atoms with Crippen molar-refractivity contribution >= 4 is 17.6 Å². The predicted molar refractivity (Wildman–Crippen MR) is 97.3 cm³/mol. The highest BCUT2D eigenvalue weighted by atomic mass is 16.5. The van der Waals surface area contributed by atoms with E-state index in [9.17, 15) is 4.79 Å². The molecule has 0 aliphatic rings. The molecule has 144 valence electrons. The number of nitrogen functional groups attached to an aromatic ring is 1. The van der Waals surface area contributed by atoms with Crippen LogP contribution < -0.4 is 5.73 Å². The van der Waals surface area contributed by atoms with Gasteiger partial charge in [0.2, 0.25) is 11.8 Å². The summed E-state index contributed by atoms with van der Waals surface area (Å²) in [5.41, 5.74) is 8.31. The first-order valence-electron chi connectivity index (χ1n) is 8.68. The number of hydrogen-bond acceptors (Lipinski definition) is 9. The highest BCUT2D eigenvalue weighted by molar-refractivity contribution is 5.88. The molecule has 0 amide bonds. The summed E-state index contributed by atoms with van der Waals surface area (Å²) in [7, 11) is 0. The summed E-state index contributed by atoms with van der Waals surface area (Å²) in [6, 6.07) is 0. The van der Waals surface area contributed by atoms with Crippen LogP contribution in [0.3, 0.4) is 0 Å². The molecule has 0 aliphatic carbocycles. The van der Waals surface area contributed by atoms with Gasteiger partial charge in [-0.3, -0.25) is 4.68 Å². The predicted octanol–water partition coefficient (Wildman–Crippen LogP) is 1.29. The van der Waals surface area contributed by atoms with Crippen molar-refractivity contribution in [3.63, 3.8) is 0 Å². The fourth-order valence-corrected chi connectivity index (χ4v) is 2.78. The van der Waals surface area contributed by atoms with Crippen molar-refractivity contribution < 1.29 is 13.9 Å². The van der Waals surface area contributed by atoms with Gasteiger partial charge in [0.15, 0.2) is 11.5 Å². The van der Waals surface area contributed by atoms with Crippen molar-refractivity contribution in [2.24, 2.45) is 0 Å². The smallest absolute Gasteiger partial charge is 0.341 e. The Labute approximate surface area is 159 Å². The Balaban J connectivity index is 1.56. The summed E-state index contributed by atoms with van der Waals surface area (Å²) in [4.78, 5) is 24.7. The number of nitrogens with two attached hydrogens (primary N) is 1. The minimum atomic E-state index is -0.395. The van der Waals surface area contributed by atoms with Crippen LogP contribution in [0.1, 0.15) is 28.7 Å². The number of hydrogen-bond donors (Lipinski definition) is 1. The first-order chi connectivity index (χ1) is 13.6. The molecule has 0 atom stereocenters. The molecular weight excluding hydrogens is 364 g/mol. The molecule has 0 aliphatic heterocycles. The number of ether oxygens (including phenoxy) is 1. The molecule has 0 unspecified atom stereocenters. The highest BCUT2D eigenvalue weighted by Gasteiger charge is 2.18. The lowest BCUT2D eigenvalue weighted by Crippen LogP contribution is -2.06. The molecule has 0 radical (unpaired) electrons. The second kappa shape index (κ2) is 7.10. The van der Waals surface area contributed by atoms with Crippen LogP contribution in [0.5, 0.6) is 0 Å². The van der Waals surface area contributed by atoms with E-state index in [1.54, 1.807) is 24.0 Å². The minimum absolute atomic E-state index is 0.191. The van der Waals surface area contributed by atoms with Gasteiger partial charge in [-0.15, -0.1) is 5.10 Å². The summed E-state index contributed by atoms with van der Waals surface area (Å²) in [6.07, 6.45) is 6.62. The lowest BCUT2D eigenvalue weighted by atomic mass is 10.2. The molecule has 2 N–H and O–H groups in total. The highest BCUT2D eigenvalue weighted by Crippen LogP contribution is 2.24. The van der Waals surface area contributed by atoms with Gasteiger partial charge in [0, 0.05) is 24.7 Å². The molecule has 0 spiro atoms. The first kappa shape index (κ1) is 17.6. The summed E-state index contributed by atoms with van der Waals surface area (Å²) in [6.45, 7) is 4.43. The fraction of sp³-hybridized carbons (Fsp3) is 0.294. The molecule has 0 aromatic carbocycles. The number of carbonyl (C=O) groups excluding carboxylic acids is 1. The second-order valence-electron chi connectivity index (χ2n) is 6.01. The van der Waals surface area contributed by atoms with E-state index in [0.29, 0.717) is 48.2 Å². The fourth-order valence-electron chi connectivity index (χ4n) is 2.78. The van der Waals surface area contributed by atoms with Crippen molar-refractivity contribution in [3.8, 4) is 11.6 Å². The summed E-state index contributed by atoms with van der Waals surface area (Å²) >= 11 is 0. The van der Waals surface area contributed by atoms with E-state index in [4.69, 9.17) is 14.9 Å². The Hall–Kier alpha value is -3.76. The van der Waals surface area contributed by atoms with Gasteiger partial charge in [-0.2, -0.15) is 9.61 Å². The maximum Gasteiger partial charge on any atom is 0.341 e. The molecular formula is C17H18N8O3. The Morgan fingerprint density at radius 2 is 2.21 bits per heavy atom. The zero-order valence-electron chi connectivity index (χ0n) is 15.4. The average Bonchev–Trinajstić information content (AvgIpc) is 3.43. The number of fused-ring (bicyclic) bond motifs is 1. The lowest BCUT2D eigenvalue weighted by molar-refractivity contribution is 0.0526. The van der Waals surface area contributed by atoms with Gasteiger partial charge in [0.1, 0.15) is 12.0 Å². The number of aromatic nitrogens is 7. The molecule has 28 heavy (non-hydrogen) atoms. The van der Waals surface area contributed by atoms with Gasteiger partial charge in [-0.1, -0.05) is 0 Å². The van der Waals surface area contributed by atoms with Crippen LogP contribution in [0.15, 0.2) is 29.3 Å². The molecule has 0 bridgehead atoms. The molecule has 0 saturated carbocycles. The molecule has 11 heteroatoms. The molecule has 0 saturated heterocycles. The second-order valence-corrected chi connectivity index (χ2v) is 6.01.